The summed E-state index contributed by atoms with van der Waals surface area (Å²) in [5.74, 6) is 2.23. The van der Waals surface area contributed by atoms with Gasteiger partial charge in [-0.25, -0.2) is 13.1 Å². The number of rotatable bonds is 6. The Labute approximate surface area is 124 Å². The highest BCUT2D eigenvalue weighted by Crippen LogP contribution is 2.13. The van der Waals surface area contributed by atoms with E-state index in [1.807, 2.05) is 11.8 Å². The van der Waals surface area contributed by atoms with E-state index in [9.17, 15) is 8.42 Å². The number of nitrogens with zero attached hydrogens (tertiary/aromatic N) is 2. The molecule has 0 amide bonds. The van der Waals surface area contributed by atoms with E-state index in [-0.39, 0.29) is 11.5 Å². The molecule has 0 saturated carbocycles. The molecule has 8 heteroatoms. The van der Waals surface area contributed by atoms with Gasteiger partial charge in [-0.2, -0.15) is 11.8 Å². The summed E-state index contributed by atoms with van der Waals surface area (Å²) in [5.41, 5.74) is 0.582. The van der Waals surface area contributed by atoms with Crippen LogP contribution in [0.5, 0.6) is 0 Å². The zero-order valence-electron chi connectivity index (χ0n) is 11.6. The molecule has 1 fully saturated rings. The maximum Gasteiger partial charge on any atom is 0.242 e. The van der Waals surface area contributed by atoms with Crippen molar-refractivity contribution in [2.75, 3.05) is 37.7 Å². The number of aryl methyl sites for hydroxylation is 1. The first-order valence-corrected chi connectivity index (χ1v) is 9.22. The monoisotopic (exact) mass is 319 g/mol. The van der Waals surface area contributed by atoms with Crippen molar-refractivity contribution in [1.82, 2.24) is 14.2 Å². The molecule has 0 unspecified atom stereocenters. The van der Waals surface area contributed by atoms with Gasteiger partial charge in [0.25, 0.3) is 0 Å². The van der Waals surface area contributed by atoms with Crippen LogP contribution in [-0.2, 0) is 23.7 Å². The average molecular weight is 319 g/mol. The molecule has 0 aromatic carbocycles. The van der Waals surface area contributed by atoms with E-state index in [1.54, 1.807) is 11.6 Å². The van der Waals surface area contributed by atoms with Crippen LogP contribution in [0.1, 0.15) is 5.69 Å². The van der Waals surface area contributed by atoms with Crippen molar-refractivity contribution < 1.29 is 13.5 Å². The Hall–Kier alpha value is -0.540. The van der Waals surface area contributed by atoms with Crippen molar-refractivity contribution in [3.8, 4) is 0 Å². The lowest BCUT2D eigenvalue weighted by atomic mass is 10.4. The van der Waals surface area contributed by atoms with E-state index in [0.29, 0.717) is 12.2 Å². The van der Waals surface area contributed by atoms with Crippen molar-refractivity contribution in [2.24, 2.45) is 7.05 Å². The van der Waals surface area contributed by atoms with Gasteiger partial charge in [0.05, 0.1) is 11.5 Å². The summed E-state index contributed by atoms with van der Waals surface area (Å²) < 4.78 is 28.5. The zero-order valence-corrected chi connectivity index (χ0v) is 13.2. The Morgan fingerprint density at radius 2 is 2.10 bits per heavy atom. The summed E-state index contributed by atoms with van der Waals surface area (Å²) in [6.45, 7) is 3.02. The standard InChI is InChI=1S/C12H21N3O3S2/c1-14-9-12(8-11(14)10-16)20(17,18)13-2-3-15-4-6-19-7-5-15/h8-9,13,16H,2-7,10H2,1H3. The van der Waals surface area contributed by atoms with Crippen LogP contribution in [0.25, 0.3) is 0 Å². The molecule has 1 aliphatic rings. The fourth-order valence-electron chi connectivity index (χ4n) is 2.13. The van der Waals surface area contributed by atoms with E-state index < -0.39 is 10.0 Å². The van der Waals surface area contributed by atoms with Crippen LogP contribution in [0.4, 0.5) is 0 Å². The molecule has 1 aromatic heterocycles. The van der Waals surface area contributed by atoms with Gasteiger partial charge in [-0.15, -0.1) is 0 Å². The Morgan fingerprint density at radius 3 is 2.70 bits per heavy atom. The minimum Gasteiger partial charge on any atom is -0.390 e. The van der Waals surface area contributed by atoms with Crippen LogP contribution in [0.3, 0.4) is 0 Å². The summed E-state index contributed by atoms with van der Waals surface area (Å²) in [4.78, 5) is 2.47. The molecule has 0 atom stereocenters. The van der Waals surface area contributed by atoms with Gasteiger partial charge >= 0.3 is 0 Å². The second-order valence-corrected chi connectivity index (χ2v) is 7.78. The predicted molar refractivity (Wildman–Crippen MR) is 80.3 cm³/mol. The summed E-state index contributed by atoms with van der Waals surface area (Å²) in [6.07, 6.45) is 1.52. The fraction of sp³-hybridized carbons (Fsp3) is 0.667. The quantitative estimate of drug-likeness (QED) is 0.762. The van der Waals surface area contributed by atoms with Gasteiger partial charge in [0.15, 0.2) is 0 Å². The number of nitrogens with one attached hydrogen (secondary N) is 1. The first kappa shape index (κ1) is 15.8. The van der Waals surface area contributed by atoms with Crippen molar-refractivity contribution >= 4 is 21.8 Å². The molecule has 1 aromatic rings. The topological polar surface area (TPSA) is 74.6 Å². The van der Waals surface area contributed by atoms with Gasteiger partial charge in [0.2, 0.25) is 10.0 Å². The Morgan fingerprint density at radius 1 is 1.40 bits per heavy atom. The first-order chi connectivity index (χ1) is 9.53. The molecule has 2 heterocycles. The average Bonchev–Trinajstić information content (AvgIpc) is 2.82. The molecule has 0 aliphatic carbocycles. The second-order valence-electron chi connectivity index (χ2n) is 4.79. The molecule has 0 radical (unpaired) electrons. The van der Waals surface area contributed by atoms with Crippen molar-refractivity contribution in [1.29, 1.82) is 0 Å². The van der Waals surface area contributed by atoms with Crippen LogP contribution in [0.15, 0.2) is 17.2 Å². The number of hydrogen-bond acceptors (Lipinski definition) is 5. The number of aromatic nitrogens is 1. The maximum absolute atomic E-state index is 12.1. The smallest absolute Gasteiger partial charge is 0.242 e. The number of aliphatic hydroxyl groups excluding tert-OH is 1. The van der Waals surface area contributed by atoms with Gasteiger partial charge in [0.1, 0.15) is 0 Å². The molecule has 0 bridgehead atoms. The largest absolute Gasteiger partial charge is 0.390 e. The van der Waals surface area contributed by atoms with E-state index in [0.717, 1.165) is 31.1 Å². The van der Waals surface area contributed by atoms with Gasteiger partial charge < -0.3 is 14.6 Å². The molecule has 0 spiro atoms. The number of thioether (sulfide) groups is 1. The molecule has 1 saturated heterocycles. The Balaban J connectivity index is 1.89. The molecular formula is C12H21N3O3S2. The summed E-state index contributed by atoms with van der Waals surface area (Å²) in [5, 5.41) is 9.10. The summed E-state index contributed by atoms with van der Waals surface area (Å²) >= 11 is 1.93. The van der Waals surface area contributed by atoms with E-state index in [4.69, 9.17) is 5.11 Å². The molecule has 114 valence electrons. The van der Waals surface area contributed by atoms with Gasteiger partial charge in [-0.3, -0.25) is 0 Å². The van der Waals surface area contributed by atoms with Gasteiger partial charge in [-0.1, -0.05) is 0 Å². The molecule has 1 aliphatic heterocycles. The second kappa shape index (κ2) is 6.95. The highest BCUT2D eigenvalue weighted by atomic mass is 32.2. The third-order valence-electron chi connectivity index (χ3n) is 3.38. The van der Waals surface area contributed by atoms with Gasteiger partial charge in [-0.05, 0) is 6.07 Å². The molecular weight excluding hydrogens is 298 g/mol. The highest BCUT2D eigenvalue weighted by molar-refractivity contribution is 7.99. The zero-order chi connectivity index (χ0) is 14.6. The predicted octanol–water partition coefficient (Wildman–Crippen LogP) is -0.155. The van der Waals surface area contributed by atoms with Crippen LogP contribution in [0, 0.1) is 0 Å². The van der Waals surface area contributed by atoms with Crippen LogP contribution in [0.2, 0.25) is 0 Å². The lowest BCUT2D eigenvalue weighted by molar-refractivity contribution is 0.272. The summed E-state index contributed by atoms with van der Waals surface area (Å²) in [7, 11) is -1.77. The van der Waals surface area contributed by atoms with Crippen LogP contribution >= 0.6 is 11.8 Å². The lowest BCUT2D eigenvalue weighted by Gasteiger charge is -2.25. The van der Waals surface area contributed by atoms with Crippen LogP contribution < -0.4 is 4.72 Å². The van der Waals surface area contributed by atoms with E-state index in [2.05, 4.69) is 9.62 Å². The molecule has 6 nitrogen and oxygen atoms in total. The van der Waals surface area contributed by atoms with Crippen molar-refractivity contribution in [2.45, 2.75) is 11.5 Å². The van der Waals surface area contributed by atoms with Gasteiger partial charge in [0, 0.05) is 56.6 Å². The Bertz CT molecular complexity index is 536. The number of hydrogen-bond donors (Lipinski definition) is 2. The SMILES string of the molecule is Cn1cc(S(=O)(=O)NCCN2CCSCC2)cc1CO. The number of sulfonamides is 1. The minimum atomic E-state index is -3.49. The minimum absolute atomic E-state index is 0.169. The lowest BCUT2D eigenvalue weighted by Crippen LogP contribution is -2.39. The first-order valence-electron chi connectivity index (χ1n) is 6.59. The Kier molecular flexibility index (Phi) is 5.50. The molecule has 20 heavy (non-hydrogen) atoms. The van der Waals surface area contributed by atoms with Crippen molar-refractivity contribution in [3.05, 3.63) is 18.0 Å². The third-order valence-corrected chi connectivity index (χ3v) is 5.75. The molecule has 2 rings (SSSR count). The normalized spacial score (nSPS) is 17.5. The highest BCUT2D eigenvalue weighted by Gasteiger charge is 2.18. The fourth-order valence-corrected chi connectivity index (χ4v) is 4.22. The molecule has 2 N–H and O–H groups in total. The number of aliphatic hydroxyl groups is 1. The van der Waals surface area contributed by atoms with E-state index >= 15 is 0 Å². The van der Waals surface area contributed by atoms with Crippen LogP contribution in [-0.4, -0.2) is 60.7 Å². The third kappa shape index (κ3) is 3.98. The van der Waals surface area contributed by atoms with Crippen molar-refractivity contribution in [3.63, 3.8) is 0 Å². The maximum atomic E-state index is 12.1. The van der Waals surface area contributed by atoms with E-state index in [1.165, 1.54) is 12.3 Å². The summed E-state index contributed by atoms with van der Waals surface area (Å²) in [6, 6.07) is 1.50.